The highest BCUT2D eigenvalue weighted by Crippen LogP contribution is 2.28. The van der Waals surface area contributed by atoms with Gasteiger partial charge >= 0.3 is 6.03 Å². The molecule has 5 rings (SSSR count). The van der Waals surface area contributed by atoms with E-state index in [2.05, 4.69) is 27.4 Å². The average Bonchev–Trinajstić information content (AvgIpc) is 3.42. The second-order valence-corrected chi connectivity index (χ2v) is 10.0. The van der Waals surface area contributed by atoms with E-state index in [0.717, 1.165) is 47.7 Å². The molecule has 0 bridgehead atoms. The lowest BCUT2D eigenvalue weighted by atomic mass is 10.1. The Morgan fingerprint density at radius 3 is 2.41 bits per heavy atom. The van der Waals surface area contributed by atoms with Gasteiger partial charge in [-0.25, -0.2) is 14.8 Å². The molecule has 2 N–H and O–H groups in total. The Morgan fingerprint density at radius 2 is 1.67 bits per heavy atom. The van der Waals surface area contributed by atoms with Gasteiger partial charge in [0, 0.05) is 58.7 Å². The number of carbonyl (C=O) groups is 1. The molecule has 0 unspecified atom stereocenters. The van der Waals surface area contributed by atoms with Crippen LogP contribution in [0.3, 0.4) is 0 Å². The summed E-state index contributed by atoms with van der Waals surface area (Å²) < 4.78 is 1.99. The van der Waals surface area contributed by atoms with Crippen molar-refractivity contribution in [2.24, 2.45) is 0 Å². The Hall–Kier alpha value is -4.07. The maximum absolute atomic E-state index is 12.6. The van der Waals surface area contributed by atoms with E-state index in [9.17, 15) is 4.79 Å². The van der Waals surface area contributed by atoms with Crippen LogP contribution in [-0.2, 0) is 6.54 Å². The number of imidazole rings is 1. The van der Waals surface area contributed by atoms with E-state index in [-0.39, 0.29) is 6.03 Å². The molecule has 2 amide bonds. The van der Waals surface area contributed by atoms with Crippen molar-refractivity contribution >= 4 is 52.1 Å². The Balaban J connectivity index is 1.43. The molecule has 0 aliphatic rings. The highest BCUT2D eigenvalue weighted by Gasteiger charge is 2.17. The molecular weight excluding hydrogens is 531 g/mol. The lowest BCUT2D eigenvalue weighted by molar-refractivity contribution is 0.262. The van der Waals surface area contributed by atoms with Crippen molar-refractivity contribution in [1.82, 2.24) is 14.4 Å². The molecular formula is C30H28Cl2N6O. The largest absolute Gasteiger partial charge is 0.349 e. The predicted molar refractivity (Wildman–Crippen MR) is 160 cm³/mol. The summed E-state index contributed by atoms with van der Waals surface area (Å²) in [5.41, 5.74) is 4.88. The number of unbranched alkanes of at least 4 members (excludes halogenated alkanes) is 1. The Kier molecular flexibility index (Phi) is 8.30. The smallest absolute Gasteiger partial charge is 0.323 e. The van der Waals surface area contributed by atoms with E-state index < -0.39 is 0 Å². The molecule has 198 valence electrons. The molecule has 3 aromatic carbocycles. The van der Waals surface area contributed by atoms with Crippen LogP contribution >= 0.6 is 23.2 Å². The first-order valence-corrected chi connectivity index (χ1v) is 13.5. The standard InChI is InChI=1S/C30H28Cl2N6O/c1-2-3-16-37(19-21-7-9-23(31)10-8-21)29-28-33-15-17-38(28)20-27(36-29)22-5-4-6-26(18-22)35-30(39)34-25-13-11-24(32)12-14-25/h4-15,17-18,20H,2-3,16,19H2,1H3,(H2,34,35,39). The molecule has 0 saturated heterocycles. The number of benzene rings is 3. The van der Waals surface area contributed by atoms with Gasteiger partial charge in [0.05, 0.1) is 5.69 Å². The van der Waals surface area contributed by atoms with Crippen molar-refractivity contribution in [2.75, 3.05) is 22.1 Å². The lowest BCUT2D eigenvalue weighted by Gasteiger charge is -2.25. The van der Waals surface area contributed by atoms with Gasteiger partial charge in [0.2, 0.25) is 0 Å². The van der Waals surface area contributed by atoms with Gasteiger partial charge in [-0.1, -0.05) is 60.8 Å². The highest BCUT2D eigenvalue weighted by molar-refractivity contribution is 6.30. The minimum absolute atomic E-state index is 0.345. The summed E-state index contributed by atoms with van der Waals surface area (Å²) in [4.78, 5) is 24.5. The van der Waals surface area contributed by atoms with Gasteiger partial charge in [-0.2, -0.15) is 0 Å². The molecule has 7 nitrogen and oxygen atoms in total. The van der Waals surface area contributed by atoms with Crippen molar-refractivity contribution in [3.05, 3.63) is 107 Å². The fraction of sp³-hybridized carbons (Fsp3) is 0.167. The van der Waals surface area contributed by atoms with Crippen molar-refractivity contribution in [1.29, 1.82) is 0 Å². The minimum Gasteiger partial charge on any atom is -0.349 e. The summed E-state index contributed by atoms with van der Waals surface area (Å²) in [6.45, 7) is 3.70. The molecule has 0 radical (unpaired) electrons. The third-order valence-electron chi connectivity index (χ3n) is 6.24. The van der Waals surface area contributed by atoms with Crippen LogP contribution in [0.25, 0.3) is 16.9 Å². The first kappa shape index (κ1) is 26.5. The van der Waals surface area contributed by atoms with Crippen molar-refractivity contribution in [3.63, 3.8) is 0 Å². The number of hydrogen-bond acceptors (Lipinski definition) is 4. The van der Waals surface area contributed by atoms with Crippen LogP contribution in [0.4, 0.5) is 22.0 Å². The zero-order valence-electron chi connectivity index (χ0n) is 21.4. The van der Waals surface area contributed by atoms with Crippen LogP contribution in [-0.4, -0.2) is 26.9 Å². The molecule has 0 saturated carbocycles. The number of hydrogen-bond donors (Lipinski definition) is 2. The number of nitrogens with zero attached hydrogens (tertiary/aromatic N) is 4. The molecule has 0 aliphatic heterocycles. The molecule has 2 aromatic heterocycles. The van der Waals surface area contributed by atoms with Crippen molar-refractivity contribution < 1.29 is 4.79 Å². The second-order valence-electron chi connectivity index (χ2n) is 9.18. The molecule has 5 aromatic rings. The normalized spacial score (nSPS) is 10.9. The molecule has 0 fully saturated rings. The average molecular weight is 560 g/mol. The summed E-state index contributed by atoms with van der Waals surface area (Å²) in [6.07, 6.45) is 7.75. The quantitative estimate of drug-likeness (QED) is 0.191. The highest BCUT2D eigenvalue weighted by atomic mass is 35.5. The van der Waals surface area contributed by atoms with E-state index in [1.807, 2.05) is 65.3 Å². The van der Waals surface area contributed by atoms with E-state index in [1.54, 1.807) is 30.5 Å². The van der Waals surface area contributed by atoms with Crippen LogP contribution in [0.2, 0.25) is 10.0 Å². The van der Waals surface area contributed by atoms with Crippen molar-refractivity contribution in [3.8, 4) is 11.3 Å². The number of carbonyl (C=O) groups excluding carboxylic acids is 1. The monoisotopic (exact) mass is 558 g/mol. The summed E-state index contributed by atoms with van der Waals surface area (Å²) in [7, 11) is 0. The lowest BCUT2D eigenvalue weighted by Crippen LogP contribution is -2.26. The third kappa shape index (κ3) is 6.69. The molecule has 9 heteroatoms. The Morgan fingerprint density at radius 1 is 0.949 bits per heavy atom. The number of fused-ring (bicyclic) bond motifs is 1. The fourth-order valence-corrected chi connectivity index (χ4v) is 4.52. The molecule has 0 atom stereocenters. The molecule has 2 heterocycles. The molecule has 0 aliphatic carbocycles. The van der Waals surface area contributed by atoms with Gasteiger partial charge in [0.25, 0.3) is 0 Å². The third-order valence-corrected chi connectivity index (χ3v) is 6.75. The maximum Gasteiger partial charge on any atom is 0.323 e. The summed E-state index contributed by atoms with van der Waals surface area (Å²) in [6, 6.07) is 22.1. The van der Waals surface area contributed by atoms with Gasteiger partial charge in [-0.15, -0.1) is 0 Å². The van der Waals surface area contributed by atoms with Gasteiger partial charge in [0.15, 0.2) is 11.5 Å². The number of anilines is 3. The number of urea groups is 1. The topological polar surface area (TPSA) is 74.6 Å². The van der Waals surface area contributed by atoms with Crippen LogP contribution in [0.15, 0.2) is 91.4 Å². The summed E-state index contributed by atoms with van der Waals surface area (Å²) in [5, 5.41) is 7.04. The Labute approximate surface area is 237 Å². The minimum atomic E-state index is -0.345. The number of nitrogens with one attached hydrogen (secondary N) is 2. The maximum atomic E-state index is 12.6. The first-order chi connectivity index (χ1) is 19.0. The van der Waals surface area contributed by atoms with Gasteiger partial charge in [-0.05, 0) is 60.5 Å². The second kappa shape index (κ2) is 12.2. The first-order valence-electron chi connectivity index (χ1n) is 12.8. The van der Waals surface area contributed by atoms with E-state index >= 15 is 0 Å². The van der Waals surface area contributed by atoms with Gasteiger partial charge in [0.1, 0.15) is 0 Å². The number of halogens is 2. The molecule has 0 spiro atoms. The van der Waals surface area contributed by atoms with E-state index in [0.29, 0.717) is 28.0 Å². The fourth-order valence-electron chi connectivity index (χ4n) is 4.27. The Bertz CT molecular complexity index is 1570. The van der Waals surface area contributed by atoms with Crippen LogP contribution in [0.5, 0.6) is 0 Å². The summed E-state index contributed by atoms with van der Waals surface area (Å²) >= 11 is 12.1. The zero-order valence-corrected chi connectivity index (χ0v) is 23.0. The molecule has 39 heavy (non-hydrogen) atoms. The van der Waals surface area contributed by atoms with E-state index in [4.69, 9.17) is 28.2 Å². The number of amides is 2. The zero-order chi connectivity index (χ0) is 27.2. The van der Waals surface area contributed by atoms with Crippen LogP contribution < -0.4 is 15.5 Å². The van der Waals surface area contributed by atoms with Gasteiger partial charge in [-0.3, -0.25) is 0 Å². The van der Waals surface area contributed by atoms with Gasteiger partial charge < -0.3 is 19.9 Å². The summed E-state index contributed by atoms with van der Waals surface area (Å²) in [5.74, 6) is 0.805. The number of rotatable bonds is 9. The van der Waals surface area contributed by atoms with Crippen LogP contribution in [0, 0.1) is 0 Å². The van der Waals surface area contributed by atoms with Crippen LogP contribution in [0.1, 0.15) is 25.3 Å². The van der Waals surface area contributed by atoms with E-state index in [1.165, 1.54) is 0 Å². The predicted octanol–water partition coefficient (Wildman–Crippen LogP) is 8.15. The SMILES string of the molecule is CCCCN(Cc1ccc(Cl)cc1)c1nc(-c2cccc(NC(=O)Nc3ccc(Cl)cc3)c2)cn2ccnc12. The van der Waals surface area contributed by atoms with Crippen molar-refractivity contribution in [2.45, 2.75) is 26.3 Å². The number of aromatic nitrogens is 3.